The van der Waals surface area contributed by atoms with Crippen molar-refractivity contribution in [1.29, 1.82) is 0 Å². The van der Waals surface area contributed by atoms with Crippen LogP contribution in [0.15, 0.2) is 51.9 Å². The summed E-state index contributed by atoms with van der Waals surface area (Å²) in [6.45, 7) is 4.56. The van der Waals surface area contributed by atoms with Crippen molar-refractivity contribution >= 4 is 33.5 Å². The maximum absolute atomic E-state index is 4.53. The second-order valence-corrected chi connectivity index (χ2v) is 6.39. The van der Waals surface area contributed by atoms with E-state index in [-0.39, 0.29) is 0 Å². The van der Waals surface area contributed by atoms with Crippen LogP contribution in [0, 0.1) is 6.92 Å². The van der Waals surface area contributed by atoms with Crippen LogP contribution in [0.1, 0.15) is 24.0 Å². The summed E-state index contributed by atoms with van der Waals surface area (Å²) in [5.41, 5.74) is 4.82. The third-order valence-electron chi connectivity index (χ3n) is 3.86. The highest BCUT2D eigenvalue weighted by Crippen LogP contribution is 2.25. The molecule has 2 aromatic carbocycles. The molecule has 0 saturated carbocycles. The zero-order chi connectivity index (χ0) is 14.7. The van der Waals surface area contributed by atoms with E-state index in [0.717, 1.165) is 15.7 Å². The Morgan fingerprint density at radius 3 is 2.43 bits per heavy atom. The Hall–Kier alpha value is -1.61. The minimum atomic E-state index is 0.972. The number of aliphatic imine (C=N–C) groups is 1. The lowest BCUT2D eigenvalue weighted by molar-refractivity contribution is 0.949. The second-order valence-electron chi connectivity index (χ2n) is 5.47. The number of halogens is 1. The molecule has 2 aromatic rings. The molecule has 0 N–H and O–H groups in total. The fourth-order valence-electron chi connectivity index (χ4n) is 2.75. The minimum absolute atomic E-state index is 0.972. The van der Waals surface area contributed by atoms with Crippen molar-refractivity contribution in [3.8, 4) is 0 Å². The van der Waals surface area contributed by atoms with Crippen molar-refractivity contribution in [1.82, 2.24) is 0 Å². The Balaban J connectivity index is 1.77. The predicted molar refractivity (Wildman–Crippen MR) is 94.0 cm³/mol. The predicted octanol–water partition coefficient (Wildman–Crippen LogP) is 5.11. The quantitative estimate of drug-likeness (QED) is 0.707. The molecule has 1 fully saturated rings. The summed E-state index contributed by atoms with van der Waals surface area (Å²) in [6.07, 6.45) is 4.56. The van der Waals surface area contributed by atoms with Gasteiger partial charge in [0, 0.05) is 29.5 Å². The van der Waals surface area contributed by atoms with E-state index in [9.17, 15) is 0 Å². The van der Waals surface area contributed by atoms with Crippen LogP contribution in [0.4, 0.5) is 11.4 Å². The van der Waals surface area contributed by atoms with Gasteiger partial charge in [-0.05, 0) is 67.3 Å². The molecule has 3 heteroatoms. The molecule has 1 aliphatic rings. The molecule has 1 saturated heterocycles. The monoisotopic (exact) mass is 342 g/mol. The number of anilines is 1. The van der Waals surface area contributed by atoms with Gasteiger partial charge < -0.3 is 4.90 Å². The molecule has 3 rings (SSSR count). The van der Waals surface area contributed by atoms with Gasteiger partial charge in [0.25, 0.3) is 0 Å². The first-order valence-electron chi connectivity index (χ1n) is 7.37. The number of aryl methyl sites for hydroxylation is 1. The van der Waals surface area contributed by atoms with Crippen LogP contribution in [0.25, 0.3) is 0 Å². The van der Waals surface area contributed by atoms with E-state index in [1.807, 2.05) is 30.5 Å². The maximum atomic E-state index is 4.53. The van der Waals surface area contributed by atoms with Crippen molar-refractivity contribution in [2.24, 2.45) is 4.99 Å². The summed E-state index contributed by atoms with van der Waals surface area (Å²) in [7, 11) is 0. The van der Waals surface area contributed by atoms with Gasteiger partial charge in [-0.2, -0.15) is 0 Å². The van der Waals surface area contributed by atoms with Crippen molar-refractivity contribution in [2.75, 3.05) is 18.0 Å². The van der Waals surface area contributed by atoms with Crippen LogP contribution in [-0.4, -0.2) is 19.3 Å². The molecule has 108 valence electrons. The van der Waals surface area contributed by atoms with Crippen LogP contribution in [0.5, 0.6) is 0 Å². The van der Waals surface area contributed by atoms with Crippen molar-refractivity contribution < 1.29 is 0 Å². The highest BCUT2D eigenvalue weighted by Gasteiger charge is 2.13. The van der Waals surface area contributed by atoms with E-state index in [2.05, 4.69) is 50.9 Å². The van der Waals surface area contributed by atoms with Gasteiger partial charge in [-0.25, -0.2) is 0 Å². The highest BCUT2D eigenvalue weighted by molar-refractivity contribution is 9.10. The molecule has 0 amide bonds. The zero-order valence-corrected chi connectivity index (χ0v) is 13.8. The summed E-state index contributed by atoms with van der Waals surface area (Å²) in [4.78, 5) is 7.00. The fourth-order valence-corrected chi connectivity index (χ4v) is 3.01. The third kappa shape index (κ3) is 3.53. The van der Waals surface area contributed by atoms with Gasteiger partial charge in [0.1, 0.15) is 0 Å². The SMILES string of the molecule is Cc1cc(C=Nc2ccc(Br)cc2)ccc1N1CCCC1. The molecule has 1 heterocycles. The lowest BCUT2D eigenvalue weighted by atomic mass is 10.1. The first kappa shape index (κ1) is 14.3. The Kier molecular flexibility index (Phi) is 4.39. The van der Waals surface area contributed by atoms with Gasteiger partial charge in [-0.1, -0.05) is 22.0 Å². The number of hydrogen-bond donors (Lipinski definition) is 0. The lowest BCUT2D eigenvalue weighted by Crippen LogP contribution is -2.18. The first-order chi connectivity index (χ1) is 10.2. The Morgan fingerprint density at radius 2 is 1.76 bits per heavy atom. The Labute approximate surface area is 134 Å². The molecule has 0 unspecified atom stereocenters. The van der Waals surface area contributed by atoms with E-state index >= 15 is 0 Å². The van der Waals surface area contributed by atoms with Crippen LogP contribution < -0.4 is 4.90 Å². The average molecular weight is 343 g/mol. The summed E-state index contributed by atoms with van der Waals surface area (Å²) in [5.74, 6) is 0. The molecule has 21 heavy (non-hydrogen) atoms. The van der Waals surface area contributed by atoms with Gasteiger partial charge in [-0.3, -0.25) is 4.99 Å². The van der Waals surface area contributed by atoms with Gasteiger partial charge in [0.2, 0.25) is 0 Å². The Bertz CT molecular complexity index is 641. The van der Waals surface area contributed by atoms with Crippen LogP contribution in [0.2, 0.25) is 0 Å². The number of hydrogen-bond acceptors (Lipinski definition) is 2. The average Bonchev–Trinajstić information content (AvgIpc) is 3.01. The van der Waals surface area contributed by atoms with Crippen molar-refractivity contribution in [2.45, 2.75) is 19.8 Å². The van der Waals surface area contributed by atoms with E-state index in [1.165, 1.54) is 37.2 Å². The summed E-state index contributed by atoms with van der Waals surface area (Å²) < 4.78 is 1.08. The lowest BCUT2D eigenvalue weighted by Gasteiger charge is -2.20. The molecule has 1 aliphatic heterocycles. The molecular weight excluding hydrogens is 324 g/mol. The molecule has 0 aromatic heterocycles. The van der Waals surface area contributed by atoms with Crippen molar-refractivity contribution in [3.63, 3.8) is 0 Å². The summed E-state index contributed by atoms with van der Waals surface area (Å²) >= 11 is 3.43. The molecule has 2 nitrogen and oxygen atoms in total. The summed E-state index contributed by atoms with van der Waals surface area (Å²) in [5, 5.41) is 0. The normalized spacial score (nSPS) is 15.0. The minimum Gasteiger partial charge on any atom is -0.371 e. The highest BCUT2D eigenvalue weighted by atomic mass is 79.9. The third-order valence-corrected chi connectivity index (χ3v) is 4.39. The van der Waals surface area contributed by atoms with E-state index in [1.54, 1.807) is 0 Å². The fraction of sp³-hybridized carbons (Fsp3) is 0.278. The van der Waals surface area contributed by atoms with Gasteiger partial charge in [-0.15, -0.1) is 0 Å². The molecule has 0 bridgehead atoms. The largest absolute Gasteiger partial charge is 0.371 e. The molecule has 0 spiro atoms. The van der Waals surface area contributed by atoms with Crippen molar-refractivity contribution in [3.05, 3.63) is 58.1 Å². The number of benzene rings is 2. The number of rotatable bonds is 3. The second kappa shape index (κ2) is 6.44. The van der Waals surface area contributed by atoms with Crippen LogP contribution in [0.3, 0.4) is 0 Å². The van der Waals surface area contributed by atoms with Gasteiger partial charge in [0.05, 0.1) is 5.69 Å². The van der Waals surface area contributed by atoms with E-state index in [4.69, 9.17) is 0 Å². The molecular formula is C18H19BrN2. The topological polar surface area (TPSA) is 15.6 Å². The zero-order valence-electron chi connectivity index (χ0n) is 12.2. The standard InChI is InChI=1S/C18H19BrN2/c1-14-12-15(4-9-18(14)21-10-2-3-11-21)13-20-17-7-5-16(19)6-8-17/h4-9,12-13H,2-3,10-11H2,1H3. The summed E-state index contributed by atoms with van der Waals surface area (Å²) in [6, 6.07) is 14.6. The van der Waals surface area contributed by atoms with Gasteiger partial charge >= 0.3 is 0 Å². The van der Waals surface area contributed by atoms with E-state index in [0.29, 0.717) is 0 Å². The maximum Gasteiger partial charge on any atom is 0.0630 e. The molecule has 0 radical (unpaired) electrons. The van der Waals surface area contributed by atoms with E-state index < -0.39 is 0 Å². The first-order valence-corrected chi connectivity index (χ1v) is 8.17. The number of nitrogens with zero attached hydrogens (tertiary/aromatic N) is 2. The smallest absolute Gasteiger partial charge is 0.0630 e. The van der Waals surface area contributed by atoms with Gasteiger partial charge in [0.15, 0.2) is 0 Å². The van der Waals surface area contributed by atoms with Crippen LogP contribution in [-0.2, 0) is 0 Å². The Morgan fingerprint density at radius 1 is 1.05 bits per heavy atom. The molecule has 0 atom stereocenters. The molecule has 0 aliphatic carbocycles. The van der Waals surface area contributed by atoms with Crippen LogP contribution >= 0.6 is 15.9 Å².